The standard InChI is InChI=1S/C22H26BrN3O4/c1-29-18-12-15(13-19(30-2)21(18)23)22(28)25-17-8-10-26(11-9-17)14-20(27)24-16-6-4-3-5-7-16/h3-7,12-13,17H,8-11,14H2,1-2H3,(H,24,27)(H,25,28). The predicted octanol–water partition coefficient (Wildman–Crippen LogP) is 3.30. The molecule has 2 amide bonds. The van der Waals surface area contributed by atoms with E-state index in [0.29, 0.717) is 28.1 Å². The van der Waals surface area contributed by atoms with E-state index in [1.807, 2.05) is 30.3 Å². The van der Waals surface area contributed by atoms with E-state index in [1.165, 1.54) is 0 Å². The Balaban J connectivity index is 1.50. The normalized spacial score (nSPS) is 14.8. The number of methoxy groups -OCH3 is 2. The highest BCUT2D eigenvalue weighted by Gasteiger charge is 2.23. The molecule has 1 saturated heterocycles. The summed E-state index contributed by atoms with van der Waals surface area (Å²) in [5.74, 6) is 0.884. The first-order chi connectivity index (χ1) is 14.5. The molecule has 0 radical (unpaired) electrons. The van der Waals surface area contributed by atoms with Gasteiger partial charge in [0, 0.05) is 30.4 Å². The second-order valence-electron chi connectivity index (χ2n) is 7.13. The zero-order chi connectivity index (χ0) is 21.5. The quantitative estimate of drug-likeness (QED) is 0.641. The number of amides is 2. The lowest BCUT2D eigenvalue weighted by Crippen LogP contribution is -2.46. The second kappa shape index (κ2) is 10.4. The van der Waals surface area contributed by atoms with Gasteiger partial charge in [-0.3, -0.25) is 14.5 Å². The van der Waals surface area contributed by atoms with Crippen LogP contribution in [0.2, 0.25) is 0 Å². The lowest BCUT2D eigenvalue weighted by molar-refractivity contribution is -0.117. The number of nitrogens with zero attached hydrogens (tertiary/aromatic N) is 1. The highest BCUT2D eigenvalue weighted by atomic mass is 79.9. The summed E-state index contributed by atoms with van der Waals surface area (Å²) in [6, 6.07) is 12.9. The number of ether oxygens (including phenoxy) is 2. The van der Waals surface area contributed by atoms with E-state index in [0.717, 1.165) is 31.6 Å². The third kappa shape index (κ3) is 5.73. The van der Waals surface area contributed by atoms with Crippen molar-refractivity contribution < 1.29 is 19.1 Å². The van der Waals surface area contributed by atoms with Gasteiger partial charge in [0.2, 0.25) is 5.91 Å². The monoisotopic (exact) mass is 475 g/mol. The molecule has 3 rings (SSSR count). The van der Waals surface area contributed by atoms with Crippen molar-refractivity contribution in [3.05, 3.63) is 52.5 Å². The van der Waals surface area contributed by atoms with Gasteiger partial charge in [0.1, 0.15) is 16.0 Å². The number of nitrogens with one attached hydrogen (secondary N) is 2. The summed E-state index contributed by atoms with van der Waals surface area (Å²) < 4.78 is 11.3. The van der Waals surface area contributed by atoms with Gasteiger partial charge >= 0.3 is 0 Å². The number of rotatable bonds is 7. The third-order valence-corrected chi connectivity index (χ3v) is 5.84. The largest absolute Gasteiger partial charge is 0.495 e. The molecule has 30 heavy (non-hydrogen) atoms. The first-order valence-corrected chi connectivity index (χ1v) is 10.6. The zero-order valence-electron chi connectivity index (χ0n) is 17.1. The van der Waals surface area contributed by atoms with E-state index in [1.54, 1.807) is 26.4 Å². The number of likely N-dealkylation sites (tertiary alicyclic amines) is 1. The van der Waals surface area contributed by atoms with Gasteiger partial charge in [0.05, 0.1) is 20.8 Å². The van der Waals surface area contributed by atoms with Gasteiger partial charge in [-0.05, 0) is 53.0 Å². The van der Waals surface area contributed by atoms with Gasteiger partial charge < -0.3 is 20.1 Å². The average molecular weight is 476 g/mol. The van der Waals surface area contributed by atoms with Crippen LogP contribution in [-0.2, 0) is 4.79 Å². The lowest BCUT2D eigenvalue weighted by Gasteiger charge is -2.31. The number of anilines is 1. The number of hydrogen-bond acceptors (Lipinski definition) is 5. The number of piperidine rings is 1. The van der Waals surface area contributed by atoms with Crippen molar-refractivity contribution >= 4 is 33.4 Å². The SMILES string of the molecule is COc1cc(C(=O)NC2CCN(CC(=O)Nc3ccccc3)CC2)cc(OC)c1Br. The molecule has 2 aromatic carbocycles. The van der Waals surface area contributed by atoms with Gasteiger partial charge in [-0.2, -0.15) is 0 Å². The number of para-hydroxylation sites is 1. The summed E-state index contributed by atoms with van der Waals surface area (Å²) in [6.45, 7) is 1.84. The van der Waals surface area contributed by atoms with Crippen LogP contribution < -0.4 is 20.1 Å². The van der Waals surface area contributed by atoms with Crippen molar-refractivity contribution in [2.75, 3.05) is 39.2 Å². The van der Waals surface area contributed by atoms with Crippen LogP contribution in [0.4, 0.5) is 5.69 Å². The fraction of sp³-hybridized carbons (Fsp3) is 0.364. The molecular formula is C22H26BrN3O4. The number of benzene rings is 2. The highest BCUT2D eigenvalue weighted by Crippen LogP contribution is 2.35. The van der Waals surface area contributed by atoms with Crippen molar-refractivity contribution in [2.45, 2.75) is 18.9 Å². The summed E-state index contributed by atoms with van der Waals surface area (Å²) >= 11 is 3.41. The van der Waals surface area contributed by atoms with Crippen LogP contribution in [0.3, 0.4) is 0 Å². The topological polar surface area (TPSA) is 79.9 Å². The van der Waals surface area contributed by atoms with Crippen molar-refractivity contribution in [3.63, 3.8) is 0 Å². The van der Waals surface area contributed by atoms with E-state index in [9.17, 15) is 9.59 Å². The molecule has 2 aromatic rings. The van der Waals surface area contributed by atoms with Crippen LogP contribution in [0.1, 0.15) is 23.2 Å². The van der Waals surface area contributed by atoms with E-state index in [-0.39, 0.29) is 17.9 Å². The molecule has 1 aliphatic rings. The van der Waals surface area contributed by atoms with Crippen molar-refractivity contribution in [1.29, 1.82) is 0 Å². The Labute approximate surface area is 184 Å². The summed E-state index contributed by atoms with van der Waals surface area (Å²) in [5.41, 5.74) is 1.28. The molecule has 0 spiro atoms. The molecule has 0 atom stereocenters. The van der Waals surface area contributed by atoms with Crippen LogP contribution in [0.15, 0.2) is 46.9 Å². The van der Waals surface area contributed by atoms with Crippen molar-refractivity contribution in [1.82, 2.24) is 10.2 Å². The molecule has 2 N–H and O–H groups in total. The number of hydrogen-bond donors (Lipinski definition) is 2. The van der Waals surface area contributed by atoms with E-state index in [4.69, 9.17) is 9.47 Å². The Morgan fingerprint density at radius 3 is 2.23 bits per heavy atom. The van der Waals surface area contributed by atoms with Crippen LogP contribution in [0.5, 0.6) is 11.5 Å². The summed E-state index contributed by atoms with van der Waals surface area (Å²) in [4.78, 5) is 27.0. The Kier molecular flexibility index (Phi) is 7.70. The first-order valence-electron chi connectivity index (χ1n) is 9.79. The molecule has 0 bridgehead atoms. The average Bonchev–Trinajstić information content (AvgIpc) is 2.76. The summed E-state index contributed by atoms with van der Waals surface area (Å²) in [5, 5.41) is 5.98. The number of carbonyl (C=O) groups is 2. The van der Waals surface area contributed by atoms with Crippen LogP contribution in [0.25, 0.3) is 0 Å². The van der Waals surface area contributed by atoms with Gasteiger partial charge in [0.15, 0.2) is 0 Å². The molecule has 1 heterocycles. The first kappa shape index (κ1) is 22.1. The maximum absolute atomic E-state index is 12.7. The third-order valence-electron chi connectivity index (χ3n) is 5.06. The van der Waals surface area contributed by atoms with Crippen LogP contribution in [-0.4, -0.2) is 56.6 Å². The Hall–Kier alpha value is -2.58. The zero-order valence-corrected chi connectivity index (χ0v) is 18.7. The minimum absolute atomic E-state index is 0.0299. The van der Waals surface area contributed by atoms with Crippen molar-refractivity contribution in [2.24, 2.45) is 0 Å². The molecule has 0 unspecified atom stereocenters. The van der Waals surface area contributed by atoms with Gasteiger partial charge in [-0.1, -0.05) is 18.2 Å². The molecule has 160 valence electrons. The van der Waals surface area contributed by atoms with E-state index >= 15 is 0 Å². The molecule has 0 aromatic heterocycles. The molecule has 1 aliphatic heterocycles. The fourth-order valence-corrected chi connectivity index (χ4v) is 3.98. The Morgan fingerprint density at radius 2 is 1.67 bits per heavy atom. The molecule has 1 fully saturated rings. The van der Waals surface area contributed by atoms with Gasteiger partial charge in [0.25, 0.3) is 5.91 Å². The maximum Gasteiger partial charge on any atom is 0.251 e. The lowest BCUT2D eigenvalue weighted by atomic mass is 10.0. The highest BCUT2D eigenvalue weighted by molar-refractivity contribution is 9.10. The minimum Gasteiger partial charge on any atom is -0.495 e. The molecule has 8 heteroatoms. The summed E-state index contributed by atoms with van der Waals surface area (Å²) in [7, 11) is 3.09. The van der Waals surface area contributed by atoms with E-state index in [2.05, 4.69) is 31.5 Å². The fourth-order valence-electron chi connectivity index (χ4n) is 3.43. The summed E-state index contributed by atoms with van der Waals surface area (Å²) in [6.07, 6.45) is 1.57. The molecular weight excluding hydrogens is 450 g/mol. The number of carbonyl (C=O) groups excluding carboxylic acids is 2. The van der Waals surface area contributed by atoms with Crippen LogP contribution in [0, 0.1) is 0 Å². The van der Waals surface area contributed by atoms with E-state index < -0.39 is 0 Å². The predicted molar refractivity (Wildman–Crippen MR) is 119 cm³/mol. The molecule has 0 saturated carbocycles. The second-order valence-corrected chi connectivity index (χ2v) is 7.93. The number of halogens is 1. The maximum atomic E-state index is 12.7. The molecule has 0 aliphatic carbocycles. The molecule has 7 nitrogen and oxygen atoms in total. The Morgan fingerprint density at radius 1 is 1.07 bits per heavy atom. The van der Waals surface area contributed by atoms with Crippen LogP contribution >= 0.6 is 15.9 Å². The Bertz CT molecular complexity index is 858. The minimum atomic E-state index is -0.167. The smallest absolute Gasteiger partial charge is 0.251 e. The van der Waals surface area contributed by atoms with Gasteiger partial charge in [-0.15, -0.1) is 0 Å². The van der Waals surface area contributed by atoms with Crippen molar-refractivity contribution in [3.8, 4) is 11.5 Å². The van der Waals surface area contributed by atoms with Gasteiger partial charge in [-0.25, -0.2) is 0 Å².